The van der Waals surface area contributed by atoms with Crippen molar-refractivity contribution in [3.63, 3.8) is 0 Å². The van der Waals surface area contributed by atoms with Gasteiger partial charge in [-0.1, -0.05) is 36.4 Å². The predicted molar refractivity (Wildman–Crippen MR) is 121 cm³/mol. The molecule has 0 radical (unpaired) electrons. The van der Waals surface area contributed by atoms with E-state index < -0.39 is 23.7 Å². The number of hydrogen-bond donors (Lipinski definition) is 2. The molecule has 0 saturated heterocycles. The zero-order valence-corrected chi connectivity index (χ0v) is 17.6. The van der Waals surface area contributed by atoms with Crippen molar-refractivity contribution in [1.82, 2.24) is 4.98 Å². The summed E-state index contributed by atoms with van der Waals surface area (Å²) in [5.41, 5.74) is 0.679. The first-order valence-electron chi connectivity index (χ1n) is 10.1. The third kappa shape index (κ3) is 4.90. The summed E-state index contributed by atoms with van der Waals surface area (Å²) in [4.78, 5) is 17.5. The number of nitrogens with one attached hydrogen (secondary N) is 2. The zero-order chi connectivity index (χ0) is 23.4. The Morgan fingerprint density at radius 1 is 0.939 bits per heavy atom. The second-order valence-corrected chi connectivity index (χ2v) is 7.29. The minimum Gasteiger partial charge on any atom is -0.495 e. The van der Waals surface area contributed by atoms with E-state index >= 15 is 0 Å². The first-order valence-corrected chi connectivity index (χ1v) is 10.1. The Morgan fingerprint density at radius 3 is 2.39 bits per heavy atom. The molecule has 0 bridgehead atoms. The molecule has 1 amide bonds. The highest BCUT2D eigenvalue weighted by atomic mass is 19.4. The minimum atomic E-state index is -4.47. The number of carbonyl (C=O) groups is 1. The summed E-state index contributed by atoms with van der Waals surface area (Å²) in [5, 5.41) is 7.65. The summed E-state index contributed by atoms with van der Waals surface area (Å²) in [5.74, 6) is 0.0587. The second kappa shape index (κ2) is 9.20. The van der Waals surface area contributed by atoms with Crippen LogP contribution in [0.4, 0.5) is 24.5 Å². The van der Waals surface area contributed by atoms with E-state index in [1.54, 1.807) is 54.9 Å². The van der Waals surface area contributed by atoms with Crippen molar-refractivity contribution >= 4 is 28.1 Å². The third-order valence-corrected chi connectivity index (χ3v) is 5.18. The van der Waals surface area contributed by atoms with E-state index in [0.717, 1.165) is 22.9 Å². The van der Waals surface area contributed by atoms with Crippen LogP contribution in [0, 0.1) is 0 Å². The monoisotopic (exact) mass is 451 g/mol. The fourth-order valence-electron chi connectivity index (χ4n) is 3.52. The van der Waals surface area contributed by atoms with E-state index in [1.165, 1.54) is 19.2 Å². The second-order valence-electron chi connectivity index (χ2n) is 7.29. The van der Waals surface area contributed by atoms with Crippen LogP contribution in [0.5, 0.6) is 5.75 Å². The van der Waals surface area contributed by atoms with E-state index in [4.69, 9.17) is 4.74 Å². The number of benzene rings is 3. The summed E-state index contributed by atoms with van der Waals surface area (Å²) < 4.78 is 44.5. The topological polar surface area (TPSA) is 63.2 Å². The molecule has 3 aromatic carbocycles. The largest absolute Gasteiger partial charge is 0.495 e. The molecule has 5 nitrogen and oxygen atoms in total. The molecule has 8 heteroatoms. The lowest BCUT2D eigenvalue weighted by molar-refractivity contribution is -0.137. The lowest BCUT2D eigenvalue weighted by Crippen LogP contribution is -2.27. The van der Waals surface area contributed by atoms with Crippen molar-refractivity contribution in [2.24, 2.45) is 0 Å². The van der Waals surface area contributed by atoms with Crippen molar-refractivity contribution < 1.29 is 22.7 Å². The van der Waals surface area contributed by atoms with Gasteiger partial charge in [0.25, 0.3) is 5.91 Å². The number of nitrogens with zero attached hydrogens (tertiary/aromatic N) is 1. The van der Waals surface area contributed by atoms with Crippen molar-refractivity contribution in [1.29, 1.82) is 0 Å². The van der Waals surface area contributed by atoms with E-state index in [0.29, 0.717) is 22.7 Å². The van der Waals surface area contributed by atoms with Crippen LogP contribution in [-0.2, 0) is 11.0 Å². The fourth-order valence-corrected chi connectivity index (χ4v) is 3.52. The normalized spacial score (nSPS) is 12.2. The molecule has 1 atom stereocenters. The van der Waals surface area contributed by atoms with E-state index in [-0.39, 0.29) is 0 Å². The number of ether oxygens (including phenoxy) is 1. The highest BCUT2D eigenvalue weighted by Gasteiger charge is 2.31. The lowest BCUT2D eigenvalue weighted by atomic mass is 10.0. The van der Waals surface area contributed by atoms with Crippen LogP contribution in [0.15, 0.2) is 85.2 Å². The molecule has 4 rings (SSSR count). The van der Waals surface area contributed by atoms with Gasteiger partial charge in [0.1, 0.15) is 11.8 Å². The fraction of sp³-hybridized carbons (Fsp3) is 0.120. The Hall–Kier alpha value is -4.07. The van der Waals surface area contributed by atoms with Gasteiger partial charge in [0.05, 0.1) is 18.4 Å². The number of methoxy groups -OCH3 is 1. The molecule has 0 aliphatic carbocycles. The molecule has 0 aliphatic rings. The molecule has 0 saturated carbocycles. The Morgan fingerprint density at radius 2 is 1.67 bits per heavy atom. The summed E-state index contributed by atoms with van der Waals surface area (Å²) in [7, 11) is 1.50. The molecular formula is C25H20F3N3O2. The Bertz CT molecular complexity index is 1270. The minimum absolute atomic E-state index is 0.369. The van der Waals surface area contributed by atoms with Crippen molar-refractivity contribution in [2.45, 2.75) is 12.2 Å². The van der Waals surface area contributed by atoms with Gasteiger partial charge in [-0.15, -0.1) is 0 Å². The molecule has 0 spiro atoms. The van der Waals surface area contributed by atoms with E-state index in [2.05, 4.69) is 15.6 Å². The zero-order valence-electron chi connectivity index (χ0n) is 17.6. The van der Waals surface area contributed by atoms with Crippen LogP contribution >= 0.6 is 0 Å². The van der Waals surface area contributed by atoms with E-state index in [9.17, 15) is 18.0 Å². The number of halogens is 3. The third-order valence-electron chi connectivity index (χ3n) is 5.18. The number of amides is 1. The molecule has 4 aromatic rings. The maximum Gasteiger partial charge on any atom is 0.416 e. The number of pyridine rings is 1. The van der Waals surface area contributed by atoms with Crippen molar-refractivity contribution in [2.75, 3.05) is 17.7 Å². The number of anilines is 2. The molecule has 1 aromatic heterocycles. The van der Waals surface area contributed by atoms with Gasteiger partial charge in [-0.25, -0.2) is 0 Å². The SMILES string of the molecule is COc1ccccc1NC(C(=O)Nc1cccc2cnccc12)c1ccc(C(F)(F)F)cc1. The van der Waals surface area contributed by atoms with Gasteiger partial charge >= 0.3 is 6.18 Å². The predicted octanol–water partition coefficient (Wildman–Crippen LogP) is 6.05. The van der Waals surface area contributed by atoms with Gasteiger partial charge < -0.3 is 15.4 Å². The summed E-state index contributed by atoms with van der Waals surface area (Å²) in [6, 6.07) is 17.7. The first kappa shape index (κ1) is 22.1. The number of hydrogen-bond acceptors (Lipinski definition) is 4. The van der Waals surface area contributed by atoms with Crippen LogP contribution in [0.25, 0.3) is 10.8 Å². The highest BCUT2D eigenvalue weighted by Crippen LogP contribution is 2.33. The maximum absolute atomic E-state index is 13.4. The summed E-state index contributed by atoms with van der Waals surface area (Å²) in [6.07, 6.45) is -1.16. The molecule has 33 heavy (non-hydrogen) atoms. The number of fused-ring (bicyclic) bond motifs is 1. The van der Waals surface area contributed by atoms with Crippen LogP contribution in [-0.4, -0.2) is 18.0 Å². The summed E-state index contributed by atoms with van der Waals surface area (Å²) >= 11 is 0. The van der Waals surface area contributed by atoms with Gasteiger partial charge in [0.2, 0.25) is 0 Å². The van der Waals surface area contributed by atoms with E-state index in [1.807, 2.05) is 6.07 Å². The average Bonchev–Trinajstić information content (AvgIpc) is 2.82. The van der Waals surface area contributed by atoms with Crippen molar-refractivity contribution in [3.8, 4) is 5.75 Å². The Balaban J connectivity index is 1.70. The standard InChI is InChI=1S/C25H20F3N3O2/c1-33-22-8-3-2-6-21(22)30-23(16-9-11-18(12-10-16)25(26,27)28)24(32)31-20-7-4-5-17-15-29-14-13-19(17)20/h2-15,23,30H,1H3,(H,31,32). The quantitative estimate of drug-likeness (QED) is 0.374. The number of carbonyl (C=O) groups excluding carboxylic acids is 1. The number of aromatic nitrogens is 1. The average molecular weight is 451 g/mol. The first-order chi connectivity index (χ1) is 15.9. The number of alkyl halides is 3. The number of rotatable bonds is 6. The maximum atomic E-state index is 13.4. The van der Waals surface area contributed by atoms with Gasteiger partial charge in [-0.3, -0.25) is 9.78 Å². The lowest BCUT2D eigenvalue weighted by Gasteiger charge is -2.22. The number of para-hydroxylation sites is 2. The van der Waals surface area contributed by atoms with Crippen molar-refractivity contribution in [3.05, 3.63) is 96.3 Å². The molecule has 0 fully saturated rings. The van der Waals surface area contributed by atoms with Crippen LogP contribution in [0.1, 0.15) is 17.2 Å². The Kier molecular flexibility index (Phi) is 6.17. The van der Waals surface area contributed by atoms with Crippen LogP contribution in [0.2, 0.25) is 0 Å². The molecular weight excluding hydrogens is 431 g/mol. The Labute approximate surface area is 188 Å². The highest BCUT2D eigenvalue weighted by molar-refractivity contribution is 6.04. The molecule has 1 unspecified atom stereocenters. The molecule has 1 heterocycles. The van der Waals surface area contributed by atoms with Gasteiger partial charge in [-0.2, -0.15) is 13.2 Å². The smallest absolute Gasteiger partial charge is 0.416 e. The molecule has 0 aliphatic heterocycles. The summed E-state index contributed by atoms with van der Waals surface area (Å²) in [6.45, 7) is 0. The molecule has 2 N–H and O–H groups in total. The van der Waals surface area contributed by atoms with Gasteiger partial charge in [-0.05, 0) is 42.0 Å². The van der Waals surface area contributed by atoms with Crippen LogP contribution in [0.3, 0.4) is 0 Å². The van der Waals surface area contributed by atoms with Crippen LogP contribution < -0.4 is 15.4 Å². The molecule has 168 valence electrons. The van der Waals surface area contributed by atoms with Gasteiger partial charge in [0, 0.05) is 28.9 Å². The van der Waals surface area contributed by atoms with Gasteiger partial charge in [0.15, 0.2) is 0 Å².